The Balaban J connectivity index is 2.27. The summed E-state index contributed by atoms with van der Waals surface area (Å²) in [6.45, 7) is 4.37. The van der Waals surface area contributed by atoms with E-state index in [-0.39, 0.29) is 17.0 Å². The molecule has 0 spiro atoms. The standard InChI is InChI=1S/C19H23NO5S/c1-5-25-17-10-7-15(8-11-17)13-20(3)26(22,23)18-12-16(19(21)24-4)9-6-14(18)2/h6-12H,5,13H2,1-4H3. The van der Waals surface area contributed by atoms with Crippen molar-refractivity contribution in [1.82, 2.24) is 4.31 Å². The average molecular weight is 377 g/mol. The minimum Gasteiger partial charge on any atom is -0.494 e. The molecule has 0 saturated carbocycles. The molecule has 0 aromatic heterocycles. The van der Waals surface area contributed by atoms with E-state index in [4.69, 9.17) is 4.74 Å². The van der Waals surface area contributed by atoms with Crippen LogP contribution in [-0.2, 0) is 21.3 Å². The number of ether oxygens (including phenoxy) is 2. The molecule has 0 saturated heterocycles. The fraction of sp³-hybridized carbons (Fsp3) is 0.316. The molecular formula is C19H23NO5S. The predicted octanol–water partition coefficient (Wildman–Crippen LogP) is 3.00. The van der Waals surface area contributed by atoms with Crippen LogP contribution < -0.4 is 4.74 Å². The lowest BCUT2D eigenvalue weighted by atomic mass is 10.1. The summed E-state index contributed by atoms with van der Waals surface area (Å²) in [5.74, 6) is 0.166. The maximum Gasteiger partial charge on any atom is 0.337 e. The van der Waals surface area contributed by atoms with Crippen LogP contribution in [0.3, 0.4) is 0 Å². The van der Waals surface area contributed by atoms with Gasteiger partial charge >= 0.3 is 5.97 Å². The van der Waals surface area contributed by atoms with Gasteiger partial charge in [-0.15, -0.1) is 0 Å². The molecule has 26 heavy (non-hydrogen) atoms. The number of hydrogen-bond acceptors (Lipinski definition) is 5. The summed E-state index contributed by atoms with van der Waals surface area (Å²) in [5, 5.41) is 0. The Labute approximate surface area is 154 Å². The van der Waals surface area contributed by atoms with Crippen LogP contribution in [0.4, 0.5) is 0 Å². The third-order valence-electron chi connectivity index (χ3n) is 3.94. The van der Waals surface area contributed by atoms with E-state index < -0.39 is 16.0 Å². The van der Waals surface area contributed by atoms with E-state index in [9.17, 15) is 13.2 Å². The van der Waals surface area contributed by atoms with E-state index in [0.717, 1.165) is 11.3 Å². The largest absolute Gasteiger partial charge is 0.494 e. The van der Waals surface area contributed by atoms with Gasteiger partial charge in [-0.25, -0.2) is 13.2 Å². The smallest absolute Gasteiger partial charge is 0.337 e. The summed E-state index contributed by atoms with van der Waals surface area (Å²) in [7, 11) is -0.990. The number of benzene rings is 2. The lowest BCUT2D eigenvalue weighted by Gasteiger charge is -2.19. The molecule has 7 heteroatoms. The van der Waals surface area contributed by atoms with E-state index in [0.29, 0.717) is 12.2 Å². The lowest BCUT2D eigenvalue weighted by Crippen LogP contribution is -2.27. The molecule has 0 aliphatic heterocycles. The minimum atomic E-state index is -3.76. The van der Waals surface area contributed by atoms with E-state index in [1.165, 1.54) is 24.5 Å². The lowest BCUT2D eigenvalue weighted by molar-refractivity contribution is 0.0600. The van der Waals surface area contributed by atoms with E-state index in [2.05, 4.69) is 4.74 Å². The second kappa shape index (κ2) is 8.33. The molecule has 0 atom stereocenters. The first-order valence-corrected chi connectivity index (χ1v) is 9.60. The maximum absolute atomic E-state index is 12.9. The molecule has 2 rings (SSSR count). The molecule has 0 fully saturated rings. The topological polar surface area (TPSA) is 72.9 Å². The number of aryl methyl sites for hydroxylation is 1. The molecule has 0 bridgehead atoms. The Morgan fingerprint density at radius 3 is 2.35 bits per heavy atom. The van der Waals surface area contributed by atoms with Crippen LogP contribution >= 0.6 is 0 Å². The van der Waals surface area contributed by atoms with Crippen molar-refractivity contribution in [2.45, 2.75) is 25.3 Å². The van der Waals surface area contributed by atoms with Gasteiger partial charge < -0.3 is 9.47 Å². The highest BCUT2D eigenvalue weighted by molar-refractivity contribution is 7.89. The molecule has 0 aliphatic rings. The van der Waals surface area contributed by atoms with Crippen molar-refractivity contribution in [2.75, 3.05) is 20.8 Å². The van der Waals surface area contributed by atoms with Crippen molar-refractivity contribution in [3.63, 3.8) is 0 Å². The summed E-state index contributed by atoms with van der Waals surface area (Å²) in [6, 6.07) is 11.8. The van der Waals surface area contributed by atoms with Gasteiger partial charge in [0.25, 0.3) is 0 Å². The summed E-state index contributed by atoms with van der Waals surface area (Å²) in [5.41, 5.74) is 1.60. The Morgan fingerprint density at radius 1 is 1.12 bits per heavy atom. The van der Waals surface area contributed by atoms with Gasteiger partial charge in [-0.3, -0.25) is 0 Å². The molecule has 0 amide bonds. The number of carbonyl (C=O) groups excluding carboxylic acids is 1. The number of rotatable bonds is 7. The number of esters is 1. The molecule has 0 unspecified atom stereocenters. The second-order valence-corrected chi connectivity index (χ2v) is 7.82. The van der Waals surface area contributed by atoms with Crippen LogP contribution in [0.2, 0.25) is 0 Å². The van der Waals surface area contributed by atoms with Gasteiger partial charge in [0, 0.05) is 13.6 Å². The van der Waals surface area contributed by atoms with Crippen molar-refractivity contribution < 1.29 is 22.7 Å². The summed E-state index contributed by atoms with van der Waals surface area (Å²) in [4.78, 5) is 11.8. The van der Waals surface area contributed by atoms with Crippen LogP contribution in [0.5, 0.6) is 5.75 Å². The molecule has 0 N–H and O–H groups in total. The van der Waals surface area contributed by atoms with Crippen LogP contribution in [0.25, 0.3) is 0 Å². The average Bonchev–Trinajstić information content (AvgIpc) is 2.63. The highest BCUT2D eigenvalue weighted by atomic mass is 32.2. The summed E-state index contributed by atoms with van der Waals surface area (Å²) in [6.07, 6.45) is 0. The zero-order valence-corrected chi connectivity index (χ0v) is 16.2. The van der Waals surface area contributed by atoms with Crippen LogP contribution in [-0.4, -0.2) is 39.5 Å². The van der Waals surface area contributed by atoms with Crippen molar-refractivity contribution in [3.8, 4) is 5.75 Å². The number of hydrogen-bond donors (Lipinski definition) is 0. The van der Waals surface area contributed by atoms with Crippen molar-refractivity contribution in [3.05, 3.63) is 59.2 Å². The van der Waals surface area contributed by atoms with Gasteiger partial charge in [0.15, 0.2) is 0 Å². The van der Waals surface area contributed by atoms with Gasteiger partial charge in [0.2, 0.25) is 10.0 Å². The van der Waals surface area contributed by atoms with Crippen LogP contribution in [0.1, 0.15) is 28.4 Å². The van der Waals surface area contributed by atoms with Crippen molar-refractivity contribution in [1.29, 1.82) is 0 Å². The SMILES string of the molecule is CCOc1ccc(CN(C)S(=O)(=O)c2cc(C(=O)OC)ccc2C)cc1. The number of carbonyl (C=O) groups is 1. The Kier molecular flexibility index (Phi) is 6.39. The molecule has 0 heterocycles. The van der Waals surface area contributed by atoms with Gasteiger partial charge in [0.05, 0.1) is 24.2 Å². The maximum atomic E-state index is 12.9. The minimum absolute atomic E-state index is 0.0915. The molecule has 2 aromatic carbocycles. The van der Waals surface area contributed by atoms with Gasteiger partial charge in [-0.1, -0.05) is 18.2 Å². The zero-order chi connectivity index (χ0) is 19.3. The van der Waals surface area contributed by atoms with Gasteiger partial charge in [-0.2, -0.15) is 4.31 Å². The van der Waals surface area contributed by atoms with E-state index in [1.807, 2.05) is 31.2 Å². The summed E-state index contributed by atoms with van der Waals surface area (Å²) < 4.78 is 37.2. The highest BCUT2D eigenvalue weighted by Gasteiger charge is 2.24. The first-order chi connectivity index (χ1) is 12.3. The highest BCUT2D eigenvalue weighted by Crippen LogP contribution is 2.23. The van der Waals surface area contributed by atoms with Crippen LogP contribution in [0.15, 0.2) is 47.4 Å². The normalized spacial score (nSPS) is 11.4. The fourth-order valence-corrected chi connectivity index (χ4v) is 3.90. The first kappa shape index (κ1) is 19.9. The zero-order valence-electron chi connectivity index (χ0n) is 15.4. The van der Waals surface area contributed by atoms with Crippen molar-refractivity contribution >= 4 is 16.0 Å². The second-order valence-electron chi connectivity index (χ2n) is 5.81. The fourth-order valence-electron chi connectivity index (χ4n) is 2.49. The first-order valence-electron chi connectivity index (χ1n) is 8.16. The molecule has 140 valence electrons. The third kappa shape index (κ3) is 4.42. The molecule has 0 radical (unpaired) electrons. The number of nitrogens with zero attached hydrogens (tertiary/aromatic N) is 1. The molecule has 2 aromatic rings. The summed E-state index contributed by atoms with van der Waals surface area (Å²) >= 11 is 0. The molecule has 6 nitrogen and oxygen atoms in total. The molecular weight excluding hydrogens is 354 g/mol. The Hall–Kier alpha value is -2.38. The van der Waals surface area contributed by atoms with E-state index in [1.54, 1.807) is 19.1 Å². The van der Waals surface area contributed by atoms with Gasteiger partial charge in [0.1, 0.15) is 5.75 Å². The number of sulfonamides is 1. The number of methoxy groups -OCH3 is 1. The van der Waals surface area contributed by atoms with Crippen molar-refractivity contribution in [2.24, 2.45) is 0 Å². The molecule has 0 aliphatic carbocycles. The monoisotopic (exact) mass is 377 g/mol. The Bertz CT molecular complexity index is 875. The van der Waals surface area contributed by atoms with Crippen LogP contribution in [0, 0.1) is 6.92 Å². The van der Waals surface area contributed by atoms with Gasteiger partial charge in [-0.05, 0) is 49.2 Å². The third-order valence-corrected chi connectivity index (χ3v) is 5.88. The Morgan fingerprint density at radius 2 is 1.77 bits per heavy atom. The van der Waals surface area contributed by atoms with E-state index >= 15 is 0 Å². The predicted molar refractivity (Wildman–Crippen MR) is 98.8 cm³/mol. The quantitative estimate of drug-likeness (QED) is 0.694.